The van der Waals surface area contributed by atoms with Gasteiger partial charge in [0.05, 0.1) is 23.9 Å². The number of furan rings is 1. The zero-order valence-corrected chi connectivity index (χ0v) is 15.2. The van der Waals surface area contributed by atoms with Gasteiger partial charge in [-0.2, -0.15) is 0 Å². The highest BCUT2D eigenvalue weighted by Gasteiger charge is 2.52. The summed E-state index contributed by atoms with van der Waals surface area (Å²) in [7, 11) is 1.38. The molecule has 1 amide bonds. The van der Waals surface area contributed by atoms with Crippen LogP contribution in [-0.4, -0.2) is 28.8 Å². The van der Waals surface area contributed by atoms with Gasteiger partial charge in [-0.05, 0) is 24.3 Å². The molecule has 1 unspecified atom stereocenters. The number of amides is 1. The number of nitrogens with zero attached hydrogens (tertiary/aromatic N) is 3. The molecule has 4 rings (SSSR count). The van der Waals surface area contributed by atoms with Crippen molar-refractivity contribution in [1.82, 2.24) is 9.88 Å². The minimum absolute atomic E-state index is 0.00676. The van der Waals surface area contributed by atoms with Gasteiger partial charge in [0.1, 0.15) is 18.3 Å². The zero-order chi connectivity index (χ0) is 20.8. The number of aromatic nitrogens is 1. The van der Waals surface area contributed by atoms with Crippen LogP contribution in [0.1, 0.15) is 17.0 Å². The highest BCUT2D eigenvalue weighted by atomic mass is 19.1. The smallest absolute Gasteiger partial charge is 0.268 e. The summed E-state index contributed by atoms with van der Waals surface area (Å²) in [5.74, 6) is -2.72. The van der Waals surface area contributed by atoms with Gasteiger partial charge in [-0.25, -0.2) is 18.2 Å². The molecule has 1 atom stereocenters. The third-order valence-electron chi connectivity index (χ3n) is 4.83. The van der Waals surface area contributed by atoms with Crippen molar-refractivity contribution in [3.05, 3.63) is 77.5 Å². The molecular weight excluding hydrogens is 385 g/mol. The number of hydrogen-bond acceptors (Lipinski definition) is 5. The molecule has 2 aromatic heterocycles. The third-order valence-corrected chi connectivity index (χ3v) is 4.83. The first-order valence-corrected chi connectivity index (χ1v) is 8.56. The molecule has 3 heterocycles. The standard InChI is InChI=1S/C20H15F3N4O2/c1-27-18(28)20(26-19(27)24,17-4-2-3-12(9-21)25-17)14-7-13(11-5-6-29-10-11)15(22)8-16(14)23/h2-8,10H,9H2,1H3,(H2,24,26). The van der Waals surface area contributed by atoms with Crippen LogP contribution in [0.4, 0.5) is 13.2 Å². The average molecular weight is 400 g/mol. The summed E-state index contributed by atoms with van der Waals surface area (Å²) >= 11 is 0. The molecule has 0 fully saturated rings. The van der Waals surface area contributed by atoms with Crippen molar-refractivity contribution in [2.45, 2.75) is 12.2 Å². The van der Waals surface area contributed by atoms with E-state index in [1.165, 1.54) is 49.9 Å². The summed E-state index contributed by atoms with van der Waals surface area (Å²) in [4.78, 5) is 22.6. The Kier molecular flexibility index (Phi) is 4.37. The van der Waals surface area contributed by atoms with E-state index in [1.54, 1.807) is 0 Å². The van der Waals surface area contributed by atoms with Crippen LogP contribution in [0.2, 0.25) is 0 Å². The van der Waals surface area contributed by atoms with Crippen LogP contribution < -0.4 is 5.73 Å². The fraction of sp³-hybridized carbons (Fsp3) is 0.150. The number of halogens is 3. The number of benzene rings is 1. The lowest BCUT2D eigenvalue weighted by atomic mass is 9.84. The van der Waals surface area contributed by atoms with E-state index in [4.69, 9.17) is 10.2 Å². The molecule has 0 radical (unpaired) electrons. The molecule has 0 aliphatic carbocycles. The lowest BCUT2D eigenvalue weighted by Crippen LogP contribution is -2.42. The van der Waals surface area contributed by atoms with Crippen LogP contribution in [-0.2, 0) is 17.0 Å². The first-order valence-electron chi connectivity index (χ1n) is 8.56. The molecule has 0 saturated heterocycles. The van der Waals surface area contributed by atoms with Crippen molar-refractivity contribution < 1.29 is 22.4 Å². The Hall–Kier alpha value is -3.62. The second kappa shape index (κ2) is 6.77. The summed E-state index contributed by atoms with van der Waals surface area (Å²) in [6.45, 7) is -0.890. The minimum atomic E-state index is -2.01. The number of rotatable bonds is 4. The average Bonchev–Trinajstić information content (AvgIpc) is 3.32. The minimum Gasteiger partial charge on any atom is -0.472 e. The number of aliphatic imine (C=N–C) groups is 1. The van der Waals surface area contributed by atoms with E-state index in [1.807, 2.05) is 0 Å². The Bertz CT molecular complexity index is 1130. The van der Waals surface area contributed by atoms with Gasteiger partial charge in [-0.3, -0.25) is 14.7 Å². The lowest BCUT2D eigenvalue weighted by Gasteiger charge is -2.26. The first kappa shape index (κ1) is 18.7. The number of nitrogens with two attached hydrogens (primary N) is 1. The van der Waals surface area contributed by atoms with Crippen LogP contribution in [0.15, 0.2) is 58.3 Å². The van der Waals surface area contributed by atoms with Crippen molar-refractivity contribution in [2.75, 3.05) is 7.05 Å². The summed E-state index contributed by atoms with van der Waals surface area (Å²) in [5, 5.41) is 0. The highest BCUT2D eigenvalue weighted by molar-refractivity contribution is 6.08. The summed E-state index contributed by atoms with van der Waals surface area (Å²) in [5.41, 5.74) is 3.95. The number of carbonyl (C=O) groups excluding carboxylic acids is 1. The van der Waals surface area contributed by atoms with Gasteiger partial charge in [0, 0.05) is 29.8 Å². The van der Waals surface area contributed by atoms with E-state index < -0.39 is 29.8 Å². The van der Waals surface area contributed by atoms with E-state index in [9.17, 15) is 13.6 Å². The first-order chi connectivity index (χ1) is 13.9. The quantitative estimate of drug-likeness (QED) is 0.729. The second-order valence-electron chi connectivity index (χ2n) is 6.52. The van der Waals surface area contributed by atoms with Gasteiger partial charge in [-0.1, -0.05) is 6.07 Å². The summed E-state index contributed by atoms with van der Waals surface area (Å²) in [6, 6.07) is 7.66. The maximum absolute atomic E-state index is 15.0. The molecule has 1 aliphatic rings. The third kappa shape index (κ3) is 2.77. The van der Waals surface area contributed by atoms with Crippen LogP contribution in [0.5, 0.6) is 0 Å². The molecule has 148 valence electrons. The monoisotopic (exact) mass is 400 g/mol. The maximum atomic E-state index is 15.0. The Balaban J connectivity index is 2.04. The van der Waals surface area contributed by atoms with Crippen LogP contribution in [0.25, 0.3) is 11.1 Å². The van der Waals surface area contributed by atoms with Gasteiger partial charge >= 0.3 is 0 Å². The summed E-state index contributed by atoms with van der Waals surface area (Å²) in [6.07, 6.45) is 2.62. The topological polar surface area (TPSA) is 84.7 Å². The van der Waals surface area contributed by atoms with Crippen LogP contribution in [0.3, 0.4) is 0 Å². The molecule has 0 bridgehead atoms. The van der Waals surface area contributed by atoms with Gasteiger partial charge in [0.25, 0.3) is 5.91 Å². The largest absolute Gasteiger partial charge is 0.472 e. The highest BCUT2D eigenvalue weighted by Crippen LogP contribution is 2.41. The number of hydrogen-bond donors (Lipinski definition) is 1. The molecule has 9 heteroatoms. The predicted octanol–water partition coefficient (Wildman–Crippen LogP) is 3.12. The number of carbonyl (C=O) groups is 1. The lowest BCUT2D eigenvalue weighted by molar-refractivity contribution is -0.129. The van der Waals surface area contributed by atoms with Crippen molar-refractivity contribution >= 4 is 11.9 Å². The van der Waals surface area contributed by atoms with E-state index in [2.05, 4.69) is 9.98 Å². The van der Waals surface area contributed by atoms with Crippen molar-refractivity contribution in [1.29, 1.82) is 0 Å². The van der Waals surface area contributed by atoms with Crippen molar-refractivity contribution in [2.24, 2.45) is 10.7 Å². The predicted molar refractivity (Wildman–Crippen MR) is 98.3 cm³/mol. The van der Waals surface area contributed by atoms with E-state index in [0.717, 1.165) is 4.90 Å². The fourth-order valence-corrected chi connectivity index (χ4v) is 3.34. The second-order valence-corrected chi connectivity index (χ2v) is 6.52. The van der Waals surface area contributed by atoms with Gasteiger partial charge in [0.2, 0.25) is 5.54 Å². The molecule has 29 heavy (non-hydrogen) atoms. The SMILES string of the molecule is CN1C(=O)C(c2cccc(CF)n2)(c2cc(-c3ccoc3)c(F)cc2F)N=C1N. The number of pyridine rings is 1. The Morgan fingerprint density at radius 3 is 2.62 bits per heavy atom. The number of guanidine groups is 1. The molecule has 1 aromatic carbocycles. The molecule has 3 aromatic rings. The van der Waals surface area contributed by atoms with Crippen molar-refractivity contribution in [3.63, 3.8) is 0 Å². The summed E-state index contributed by atoms with van der Waals surface area (Å²) < 4.78 is 47.7. The van der Waals surface area contributed by atoms with Gasteiger partial charge in [-0.15, -0.1) is 0 Å². The molecule has 6 nitrogen and oxygen atoms in total. The van der Waals surface area contributed by atoms with E-state index >= 15 is 4.39 Å². The van der Waals surface area contributed by atoms with Crippen molar-refractivity contribution in [3.8, 4) is 11.1 Å². The zero-order valence-electron chi connectivity index (χ0n) is 15.2. The Morgan fingerprint density at radius 2 is 2.00 bits per heavy atom. The van der Waals surface area contributed by atoms with Gasteiger partial charge < -0.3 is 10.2 Å². The van der Waals surface area contributed by atoms with Crippen LogP contribution in [0, 0.1) is 11.6 Å². The molecule has 0 spiro atoms. The van der Waals surface area contributed by atoms with E-state index in [0.29, 0.717) is 11.6 Å². The molecule has 2 N–H and O–H groups in total. The molecular formula is C20H15F3N4O2. The van der Waals surface area contributed by atoms with E-state index in [-0.39, 0.29) is 28.5 Å². The molecule has 0 saturated carbocycles. The van der Waals surface area contributed by atoms with Crippen LogP contribution >= 0.6 is 0 Å². The number of likely N-dealkylation sites (N-methyl/N-ethyl adjacent to an activating group) is 1. The fourth-order valence-electron chi connectivity index (χ4n) is 3.34. The maximum Gasteiger partial charge on any atom is 0.268 e. The normalized spacial score (nSPS) is 19.0. The Labute approximate surface area is 163 Å². The number of alkyl halides is 1. The Morgan fingerprint density at radius 1 is 1.21 bits per heavy atom. The molecule has 1 aliphatic heterocycles. The van der Waals surface area contributed by atoms with Gasteiger partial charge in [0.15, 0.2) is 5.96 Å².